The summed E-state index contributed by atoms with van der Waals surface area (Å²) in [6, 6.07) is 10.7. The Hall–Kier alpha value is -3.33. The van der Waals surface area contributed by atoms with Crippen LogP contribution in [0.1, 0.15) is 5.56 Å². The topological polar surface area (TPSA) is 56.3 Å². The van der Waals surface area contributed by atoms with Crippen molar-refractivity contribution in [3.05, 3.63) is 59.7 Å². The lowest BCUT2D eigenvalue weighted by atomic mass is 10.0. The van der Waals surface area contributed by atoms with E-state index in [4.69, 9.17) is 9.47 Å². The van der Waals surface area contributed by atoms with E-state index in [9.17, 15) is 13.2 Å². The predicted octanol–water partition coefficient (Wildman–Crippen LogP) is 6.14. The third-order valence-electron chi connectivity index (χ3n) is 4.55. The van der Waals surface area contributed by atoms with Gasteiger partial charge in [-0.25, -0.2) is 9.97 Å². The number of alkyl halides is 3. The molecule has 0 saturated carbocycles. The summed E-state index contributed by atoms with van der Waals surface area (Å²) in [6.07, 6.45) is -3.16. The zero-order chi connectivity index (χ0) is 21.3. The number of halogens is 3. The summed E-state index contributed by atoms with van der Waals surface area (Å²) in [5.41, 5.74) is 0.749. The molecule has 5 nitrogen and oxygen atoms in total. The molecule has 0 bridgehead atoms. The van der Waals surface area contributed by atoms with Crippen molar-refractivity contribution < 1.29 is 22.6 Å². The highest BCUT2D eigenvalue weighted by molar-refractivity contribution is 7.17. The maximum atomic E-state index is 13.4. The average Bonchev–Trinajstić information content (AvgIpc) is 3.18. The van der Waals surface area contributed by atoms with Crippen LogP contribution in [-0.2, 0) is 6.18 Å². The van der Waals surface area contributed by atoms with Crippen LogP contribution < -0.4 is 14.8 Å². The highest BCUT2D eigenvalue weighted by atomic mass is 32.1. The van der Waals surface area contributed by atoms with E-state index in [-0.39, 0.29) is 5.69 Å². The lowest BCUT2D eigenvalue weighted by Crippen LogP contribution is -2.09. The van der Waals surface area contributed by atoms with Crippen molar-refractivity contribution in [3.63, 3.8) is 0 Å². The van der Waals surface area contributed by atoms with Crippen molar-refractivity contribution in [2.45, 2.75) is 6.18 Å². The molecule has 2 heterocycles. The molecule has 0 aliphatic heterocycles. The molecule has 0 aliphatic rings. The molecule has 0 saturated heterocycles. The monoisotopic (exact) mass is 431 g/mol. The second kappa shape index (κ2) is 7.83. The first-order valence-corrected chi connectivity index (χ1v) is 9.68. The van der Waals surface area contributed by atoms with Gasteiger partial charge in [-0.05, 0) is 29.8 Å². The molecule has 0 radical (unpaired) electrons. The van der Waals surface area contributed by atoms with Gasteiger partial charge in [0.05, 0.1) is 30.9 Å². The Morgan fingerprint density at radius 2 is 1.73 bits per heavy atom. The van der Waals surface area contributed by atoms with Crippen LogP contribution in [0.25, 0.3) is 21.3 Å². The first-order chi connectivity index (χ1) is 14.4. The normalized spacial score (nSPS) is 11.5. The number of hydrogen-bond donors (Lipinski definition) is 1. The number of anilines is 2. The van der Waals surface area contributed by atoms with E-state index in [1.54, 1.807) is 25.3 Å². The molecule has 0 aliphatic carbocycles. The van der Waals surface area contributed by atoms with E-state index in [0.29, 0.717) is 27.5 Å². The third-order valence-corrected chi connectivity index (χ3v) is 5.44. The molecule has 1 N–H and O–H groups in total. The maximum Gasteiger partial charge on any atom is 0.418 e. The van der Waals surface area contributed by atoms with Crippen LogP contribution in [0.15, 0.2) is 54.2 Å². The summed E-state index contributed by atoms with van der Waals surface area (Å²) >= 11 is 1.38. The Kier molecular flexibility index (Phi) is 5.21. The zero-order valence-electron chi connectivity index (χ0n) is 15.9. The number of nitrogens with one attached hydrogen (secondary N) is 1. The van der Waals surface area contributed by atoms with Crippen molar-refractivity contribution in [2.75, 3.05) is 19.5 Å². The van der Waals surface area contributed by atoms with Gasteiger partial charge in [0.15, 0.2) is 11.5 Å². The maximum absolute atomic E-state index is 13.4. The lowest BCUT2D eigenvalue weighted by Gasteiger charge is -2.15. The van der Waals surface area contributed by atoms with Crippen LogP contribution in [0.4, 0.5) is 24.7 Å². The van der Waals surface area contributed by atoms with Gasteiger partial charge in [0, 0.05) is 10.9 Å². The van der Waals surface area contributed by atoms with E-state index in [1.807, 2.05) is 11.4 Å². The number of aromatic nitrogens is 2. The molecule has 2 aromatic carbocycles. The molecule has 2 aromatic heterocycles. The third kappa shape index (κ3) is 3.63. The van der Waals surface area contributed by atoms with Crippen molar-refractivity contribution >= 4 is 33.1 Å². The summed E-state index contributed by atoms with van der Waals surface area (Å²) in [4.78, 5) is 9.14. The molecule has 0 atom stereocenters. The minimum absolute atomic E-state index is 0.0746. The molecule has 4 aromatic rings. The Labute approximate surface area is 174 Å². The van der Waals surface area contributed by atoms with Crippen LogP contribution in [0.3, 0.4) is 0 Å². The van der Waals surface area contributed by atoms with Gasteiger partial charge < -0.3 is 14.8 Å². The smallest absolute Gasteiger partial charge is 0.418 e. The van der Waals surface area contributed by atoms with E-state index in [2.05, 4.69) is 15.3 Å². The molecule has 0 fully saturated rings. The van der Waals surface area contributed by atoms with E-state index < -0.39 is 11.7 Å². The Morgan fingerprint density at radius 3 is 2.47 bits per heavy atom. The second-order valence-electron chi connectivity index (χ2n) is 6.29. The molecule has 0 spiro atoms. The highest BCUT2D eigenvalue weighted by Gasteiger charge is 2.33. The van der Waals surface area contributed by atoms with Gasteiger partial charge in [0.2, 0.25) is 0 Å². The quantitative estimate of drug-likeness (QED) is 0.411. The van der Waals surface area contributed by atoms with E-state index >= 15 is 0 Å². The number of benzene rings is 2. The largest absolute Gasteiger partial charge is 0.493 e. The standard InChI is InChI=1S/C21H16F3N3O2S/c1-28-16-8-7-12(9-17(16)29-2)13-10-30-20-18(13)19(25-11-26-20)27-15-6-4-3-5-14(15)21(22,23)24/h3-11H,1-2H3,(H,25,26,27). The fourth-order valence-electron chi connectivity index (χ4n) is 3.15. The van der Waals surface area contributed by atoms with Crippen molar-refractivity contribution in [1.29, 1.82) is 0 Å². The first kappa shape index (κ1) is 20.0. The van der Waals surface area contributed by atoms with Crippen LogP contribution in [0.2, 0.25) is 0 Å². The summed E-state index contributed by atoms with van der Waals surface area (Å²) in [7, 11) is 3.09. The van der Waals surface area contributed by atoms with Crippen molar-refractivity contribution in [3.8, 4) is 22.6 Å². The SMILES string of the molecule is COc1ccc(-c2csc3ncnc(Nc4ccccc4C(F)(F)F)c23)cc1OC. The zero-order valence-corrected chi connectivity index (χ0v) is 16.8. The Balaban J connectivity index is 1.84. The summed E-state index contributed by atoms with van der Waals surface area (Å²) in [5, 5.41) is 5.37. The number of hydrogen-bond acceptors (Lipinski definition) is 6. The van der Waals surface area contributed by atoms with Gasteiger partial charge in [-0.1, -0.05) is 18.2 Å². The molecular weight excluding hydrogens is 415 g/mol. The number of ether oxygens (including phenoxy) is 2. The predicted molar refractivity (Wildman–Crippen MR) is 111 cm³/mol. The summed E-state index contributed by atoms with van der Waals surface area (Å²) in [5.74, 6) is 1.42. The molecule has 0 amide bonds. The van der Waals surface area contributed by atoms with E-state index in [1.165, 1.54) is 36.9 Å². The number of methoxy groups -OCH3 is 2. The van der Waals surface area contributed by atoms with Crippen LogP contribution in [-0.4, -0.2) is 24.2 Å². The fraction of sp³-hybridized carbons (Fsp3) is 0.143. The number of thiophene rings is 1. The molecule has 30 heavy (non-hydrogen) atoms. The van der Waals surface area contributed by atoms with Gasteiger partial charge in [-0.2, -0.15) is 13.2 Å². The van der Waals surface area contributed by atoms with Gasteiger partial charge in [-0.3, -0.25) is 0 Å². The molecule has 0 unspecified atom stereocenters. The van der Waals surface area contributed by atoms with Gasteiger partial charge >= 0.3 is 6.18 Å². The van der Waals surface area contributed by atoms with Crippen LogP contribution in [0, 0.1) is 0 Å². The number of para-hydroxylation sites is 1. The molecule has 4 rings (SSSR count). The average molecular weight is 431 g/mol. The Morgan fingerprint density at radius 1 is 0.967 bits per heavy atom. The Bertz CT molecular complexity index is 1210. The lowest BCUT2D eigenvalue weighted by molar-refractivity contribution is -0.136. The minimum Gasteiger partial charge on any atom is -0.493 e. The molecular formula is C21H16F3N3O2S. The van der Waals surface area contributed by atoms with E-state index in [0.717, 1.165) is 17.2 Å². The highest BCUT2D eigenvalue weighted by Crippen LogP contribution is 2.42. The second-order valence-corrected chi connectivity index (χ2v) is 7.15. The first-order valence-electron chi connectivity index (χ1n) is 8.80. The van der Waals surface area contributed by atoms with Crippen molar-refractivity contribution in [2.24, 2.45) is 0 Å². The summed E-state index contributed by atoms with van der Waals surface area (Å²) in [6.45, 7) is 0. The number of rotatable bonds is 5. The fourth-order valence-corrected chi connectivity index (χ4v) is 4.07. The number of nitrogens with zero attached hydrogens (tertiary/aromatic N) is 2. The van der Waals surface area contributed by atoms with Gasteiger partial charge in [0.1, 0.15) is 17.0 Å². The molecule has 154 valence electrons. The van der Waals surface area contributed by atoms with Crippen LogP contribution >= 0.6 is 11.3 Å². The molecule has 9 heteroatoms. The van der Waals surface area contributed by atoms with Gasteiger partial charge in [-0.15, -0.1) is 11.3 Å². The summed E-state index contributed by atoms with van der Waals surface area (Å²) < 4.78 is 50.9. The van der Waals surface area contributed by atoms with Crippen molar-refractivity contribution in [1.82, 2.24) is 9.97 Å². The minimum atomic E-state index is -4.49. The van der Waals surface area contributed by atoms with Crippen LogP contribution in [0.5, 0.6) is 11.5 Å². The number of fused-ring (bicyclic) bond motifs is 1. The van der Waals surface area contributed by atoms with Gasteiger partial charge in [0.25, 0.3) is 0 Å².